The van der Waals surface area contributed by atoms with E-state index in [0.29, 0.717) is 6.04 Å². The van der Waals surface area contributed by atoms with Crippen LogP contribution in [0.5, 0.6) is 0 Å². The van der Waals surface area contributed by atoms with E-state index in [4.69, 9.17) is 0 Å². The van der Waals surface area contributed by atoms with Gasteiger partial charge in [0.2, 0.25) is 0 Å². The van der Waals surface area contributed by atoms with Crippen molar-refractivity contribution in [2.24, 2.45) is 0 Å². The van der Waals surface area contributed by atoms with Gasteiger partial charge in [0.15, 0.2) is 0 Å². The maximum Gasteiger partial charge on any atom is 0.0788 e. The average molecular weight is 373 g/mol. The van der Waals surface area contributed by atoms with Gasteiger partial charge in [-0.05, 0) is 63.0 Å². The van der Waals surface area contributed by atoms with Gasteiger partial charge in [-0.25, -0.2) is 4.68 Å². The van der Waals surface area contributed by atoms with Crippen molar-refractivity contribution in [1.82, 2.24) is 15.1 Å². The number of halogens is 2. The molecule has 0 saturated carbocycles. The van der Waals surface area contributed by atoms with Crippen LogP contribution in [0, 0.1) is 0 Å². The number of hydrogen-bond acceptors (Lipinski definition) is 2. The minimum atomic E-state index is 0.352. The standard InChI is InChI=1S/C13H15Br2N3/c1-3-16-9(2)10-4-5-13(12(15)6-10)18-8-11(14)7-17-18/h4-9,16H,3H2,1-2H3. The van der Waals surface area contributed by atoms with E-state index in [2.05, 4.69) is 74.3 Å². The quantitative estimate of drug-likeness (QED) is 0.876. The second-order valence-electron chi connectivity index (χ2n) is 4.09. The third kappa shape index (κ3) is 3.02. The molecule has 1 aromatic carbocycles. The van der Waals surface area contributed by atoms with Gasteiger partial charge < -0.3 is 5.32 Å². The first kappa shape index (κ1) is 13.8. The first-order chi connectivity index (χ1) is 8.61. The Balaban J connectivity index is 2.30. The summed E-state index contributed by atoms with van der Waals surface area (Å²) in [7, 11) is 0. The predicted molar refractivity (Wildman–Crippen MR) is 81.1 cm³/mol. The van der Waals surface area contributed by atoms with Crippen LogP contribution in [0.15, 0.2) is 39.5 Å². The maximum atomic E-state index is 4.28. The average Bonchev–Trinajstić information content (AvgIpc) is 2.76. The molecule has 1 atom stereocenters. The molecule has 96 valence electrons. The van der Waals surface area contributed by atoms with Gasteiger partial charge in [-0.3, -0.25) is 0 Å². The van der Waals surface area contributed by atoms with Gasteiger partial charge in [0.25, 0.3) is 0 Å². The van der Waals surface area contributed by atoms with Crippen molar-refractivity contribution in [2.75, 3.05) is 6.54 Å². The van der Waals surface area contributed by atoms with Gasteiger partial charge in [-0.15, -0.1) is 0 Å². The molecule has 1 aromatic heterocycles. The van der Waals surface area contributed by atoms with Crippen molar-refractivity contribution in [3.8, 4) is 5.69 Å². The lowest BCUT2D eigenvalue weighted by atomic mass is 10.1. The number of nitrogens with one attached hydrogen (secondary N) is 1. The van der Waals surface area contributed by atoms with E-state index in [-0.39, 0.29) is 0 Å². The van der Waals surface area contributed by atoms with Crippen molar-refractivity contribution in [2.45, 2.75) is 19.9 Å². The van der Waals surface area contributed by atoms with Crippen molar-refractivity contribution < 1.29 is 0 Å². The second-order valence-corrected chi connectivity index (χ2v) is 5.86. The Kier molecular flexibility index (Phi) is 4.59. The van der Waals surface area contributed by atoms with Gasteiger partial charge in [-0.2, -0.15) is 5.10 Å². The molecule has 0 aliphatic heterocycles. The zero-order chi connectivity index (χ0) is 13.1. The lowest BCUT2D eigenvalue weighted by Gasteiger charge is -2.14. The first-order valence-corrected chi connectivity index (χ1v) is 7.43. The van der Waals surface area contributed by atoms with Gasteiger partial charge in [-0.1, -0.05) is 13.0 Å². The second kappa shape index (κ2) is 5.99. The molecule has 2 rings (SSSR count). The summed E-state index contributed by atoms with van der Waals surface area (Å²) in [5, 5.41) is 7.68. The van der Waals surface area contributed by atoms with E-state index in [9.17, 15) is 0 Å². The van der Waals surface area contributed by atoms with Crippen LogP contribution in [0.4, 0.5) is 0 Å². The Hall–Kier alpha value is -0.650. The Morgan fingerprint density at radius 2 is 2.17 bits per heavy atom. The molecular weight excluding hydrogens is 358 g/mol. The summed E-state index contributed by atoms with van der Waals surface area (Å²) in [5.41, 5.74) is 2.30. The zero-order valence-electron chi connectivity index (χ0n) is 10.3. The van der Waals surface area contributed by atoms with Gasteiger partial charge in [0, 0.05) is 16.7 Å². The van der Waals surface area contributed by atoms with E-state index in [0.717, 1.165) is 21.2 Å². The SMILES string of the molecule is CCNC(C)c1ccc(-n2cc(Br)cn2)c(Br)c1. The molecule has 1 heterocycles. The lowest BCUT2D eigenvalue weighted by Crippen LogP contribution is -2.17. The van der Waals surface area contributed by atoms with Crippen molar-refractivity contribution in [3.05, 3.63) is 45.1 Å². The Morgan fingerprint density at radius 3 is 2.72 bits per heavy atom. The zero-order valence-corrected chi connectivity index (χ0v) is 13.5. The van der Waals surface area contributed by atoms with Crippen molar-refractivity contribution >= 4 is 31.9 Å². The Labute approximate surface area is 124 Å². The summed E-state index contributed by atoms with van der Waals surface area (Å²) in [6.07, 6.45) is 3.72. The van der Waals surface area contributed by atoms with Crippen LogP contribution in [-0.2, 0) is 0 Å². The normalized spacial score (nSPS) is 12.7. The molecule has 0 radical (unpaired) electrons. The number of benzene rings is 1. The highest BCUT2D eigenvalue weighted by Gasteiger charge is 2.08. The molecular formula is C13H15Br2N3. The van der Waals surface area contributed by atoms with E-state index < -0.39 is 0 Å². The number of hydrogen-bond donors (Lipinski definition) is 1. The number of aromatic nitrogens is 2. The van der Waals surface area contributed by atoms with Crippen LogP contribution in [0.3, 0.4) is 0 Å². The highest BCUT2D eigenvalue weighted by atomic mass is 79.9. The summed E-state index contributed by atoms with van der Waals surface area (Å²) in [6.45, 7) is 5.24. The highest BCUT2D eigenvalue weighted by Crippen LogP contribution is 2.25. The molecule has 0 aliphatic rings. The molecule has 1 unspecified atom stereocenters. The minimum absolute atomic E-state index is 0.352. The molecule has 0 saturated heterocycles. The topological polar surface area (TPSA) is 29.9 Å². The largest absolute Gasteiger partial charge is 0.310 e. The molecule has 0 aliphatic carbocycles. The van der Waals surface area contributed by atoms with Crippen LogP contribution in [0.25, 0.3) is 5.69 Å². The van der Waals surface area contributed by atoms with Gasteiger partial charge in [0.1, 0.15) is 0 Å². The molecule has 0 spiro atoms. The molecule has 5 heteroatoms. The smallest absolute Gasteiger partial charge is 0.0788 e. The Morgan fingerprint density at radius 1 is 1.39 bits per heavy atom. The predicted octanol–water partition coefficient (Wildman–Crippen LogP) is 4.07. The molecule has 0 amide bonds. The molecule has 0 bridgehead atoms. The summed E-state index contributed by atoms with van der Waals surface area (Å²) >= 11 is 7.01. The summed E-state index contributed by atoms with van der Waals surface area (Å²) < 4.78 is 3.86. The summed E-state index contributed by atoms with van der Waals surface area (Å²) in [4.78, 5) is 0. The minimum Gasteiger partial charge on any atom is -0.310 e. The monoisotopic (exact) mass is 371 g/mol. The van der Waals surface area contributed by atoms with Crippen molar-refractivity contribution in [1.29, 1.82) is 0 Å². The third-order valence-electron chi connectivity index (χ3n) is 2.78. The van der Waals surface area contributed by atoms with Crippen LogP contribution in [0.2, 0.25) is 0 Å². The van der Waals surface area contributed by atoms with E-state index in [1.165, 1.54) is 5.56 Å². The third-order valence-corrected chi connectivity index (χ3v) is 3.82. The fourth-order valence-corrected chi connectivity index (χ4v) is 2.70. The van der Waals surface area contributed by atoms with Crippen LogP contribution < -0.4 is 5.32 Å². The van der Waals surface area contributed by atoms with Crippen LogP contribution in [-0.4, -0.2) is 16.3 Å². The van der Waals surface area contributed by atoms with Gasteiger partial charge in [0.05, 0.1) is 16.4 Å². The summed E-state index contributed by atoms with van der Waals surface area (Å²) in [5.74, 6) is 0. The van der Waals surface area contributed by atoms with E-state index in [1.807, 2.05) is 10.9 Å². The van der Waals surface area contributed by atoms with E-state index >= 15 is 0 Å². The molecule has 1 N–H and O–H groups in total. The Bertz CT molecular complexity index is 537. The van der Waals surface area contributed by atoms with Crippen molar-refractivity contribution in [3.63, 3.8) is 0 Å². The number of rotatable bonds is 4. The molecule has 18 heavy (non-hydrogen) atoms. The fourth-order valence-electron chi connectivity index (χ4n) is 1.83. The van der Waals surface area contributed by atoms with E-state index in [1.54, 1.807) is 6.20 Å². The van der Waals surface area contributed by atoms with Gasteiger partial charge >= 0.3 is 0 Å². The lowest BCUT2D eigenvalue weighted by molar-refractivity contribution is 0.597. The maximum absolute atomic E-state index is 4.28. The molecule has 2 aromatic rings. The van der Waals surface area contributed by atoms with Crippen LogP contribution in [0.1, 0.15) is 25.5 Å². The first-order valence-electron chi connectivity index (χ1n) is 5.85. The van der Waals surface area contributed by atoms with Crippen LogP contribution >= 0.6 is 31.9 Å². The summed E-state index contributed by atoms with van der Waals surface area (Å²) in [6, 6.07) is 6.69. The highest BCUT2D eigenvalue weighted by molar-refractivity contribution is 9.10. The molecule has 0 fully saturated rings. The molecule has 3 nitrogen and oxygen atoms in total. The fraction of sp³-hybridized carbons (Fsp3) is 0.308. The number of nitrogens with zero attached hydrogens (tertiary/aromatic N) is 2.